The summed E-state index contributed by atoms with van der Waals surface area (Å²) in [5, 5.41) is 0. The number of hydrogen-bond acceptors (Lipinski definition) is 3. The van der Waals surface area contributed by atoms with Crippen molar-refractivity contribution in [2.45, 2.75) is 45.7 Å². The highest BCUT2D eigenvalue weighted by Crippen LogP contribution is 2.08. The predicted octanol–water partition coefficient (Wildman–Crippen LogP) is 0.666. The van der Waals surface area contributed by atoms with Crippen LogP contribution in [0.4, 0.5) is 0 Å². The van der Waals surface area contributed by atoms with Crippen LogP contribution >= 0.6 is 0 Å². The van der Waals surface area contributed by atoms with Crippen molar-refractivity contribution in [3.05, 3.63) is 0 Å². The van der Waals surface area contributed by atoms with E-state index in [1.165, 1.54) is 0 Å². The van der Waals surface area contributed by atoms with Crippen LogP contribution in [0.15, 0.2) is 0 Å². The molecule has 4 nitrogen and oxygen atoms in total. The molecule has 0 saturated carbocycles. The number of piperazine rings is 1. The average Bonchev–Trinajstić information content (AvgIpc) is 2.28. The SMILES string of the molecule is CCC(N)CC(=O)N1CCN(C(C)C)CC1. The Balaban J connectivity index is 2.33. The summed E-state index contributed by atoms with van der Waals surface area (Å²) in [6.07, 6.45) is 1.37. The molecule has 0 spiro atoms. The van der Waals surface area contributed by atoms with E-state index in [4.69, 9.17) is 5.73 Å². The van der Waals surface area contributed by atoms with Crippen molar-refractivity contribution in [1.29, 1.82) is 0 Å². The van der Waals surface area contributed by atoms with E-state index in [9.17, 15) is 4.79 Å². The second kappa shape index (κ2) is 6.21. The van der Waals surface area contributed by atoms with Gasteiger partial charge >= 0.3 is 0 Å². The molecular formula is C12H25N3O. The minimum atomic E-state index is 0.0237. The predicted molar refractivity (Wildman–Crippen MR) is 66.2 cm³/mol. The molecule has 1 fully saturated rings. The monoisotopic (exact) mass is 227 g/mol. The second-order valence-corrected chi connectivity index (χ2v) is 4.88. The van der Waals surface area contributed by atoms with Crippen molar-refractivity contribution in [3.63, 3.8) is 0 Å². The molecule has 1 aliphatic rings. The third-order valence-electron chi connectivity index (χ3n) is 3.36. The smallest absolute Gasteiger partial charge is 0.224 e. The van der Waals surface area contributed by atoms with Crippen molar-refractivity contribution < 1.29 is 4.79 Å². The zero-order valence-electron chi connectivity index (χ0n) is 10.8. The summed E-state index contributed by atoms with van der Waals surface area (Å²) >= 11 is 0. The van der Waals surface area contributed by atoms with Gasteiger partial charge in [-0.3, -0.25) is 9.69 Å². The van der Waals surface area contributed by atoms with E-state index in [2.05, 4.69) is 18.7 Å². The lowest BCUT2D eigenvalue weighted by molar-refractivity contribution is -0.133. The molecule has 0 radical (unpaired) electrons. The van der Waals surface area contributed by atoms with E-state index in [1.807, 2.05) is 11.8 Å². The molecule has 94 valence electrons. The number of nitrogens with two attached hydrogens (primary N) is 1. The van der Waals surface area contributed by atoms with Crippen LogP contribution in [-0.2, 0) is 4.79 Å². The van der Waals surface area contributed by atoms with Crippen LogP contribution in [0, 0.1) is 0 Å². The fourth-order valence-electron chi connectivity index (χ4n) is 1.99. The van der Waals surface area contributed by atoms with E-state index in [0.29, 0.717) is 12.5 Å². The Morgan fingerprint density at radius 2 is 1.81 bits per heavy atom. The molecule has 1 heterocycles. The zero-order valence-corrected chi connectivity index (χ0v) is 10.8. The second-order valence-electron chi connectivity index (χ2n) is 4.88. The fourth-order valence-corrected chi connectivity index (χ4v) is 1.99. The van der Waals surface area contributed by atoms with Crippen molar-refractivity contribution in [2.24, 2.45) is 5.73 Å². The largest absolute Gasteiger partial charge is 0.340 e. The molecule has 1 saturated heterocycles. The maximum absolute atomic E-state index is 11.9. The lowest BCUT2D eigenvalue weighted by atomic mass is 10.1. The fraction of sp³-hybridized carbons (Fsp3) is 0.917. The summed E-state index contributed by atoms with van der Waals surface area (Å²) in [6.45, 7) is 10.1. The van der Waals surface area contributed by atoms with Crippen LogP contribution in [-0.4, -0.2) is 54.0 Å². The molecule has 0 aromatic rings. The number of nitrogens with zero attached hydrogens (tertiary/aromatic N) is 2. The zero-order chi connectivity index (χ0) is 12.1. The summed E-state index contributed by atoms with van der Waals surface area (Å²) in [5.74, 6) is 0.220. The van der Waals surface area contributed by atoms with Crippen LogP contribution < -0.4 is 5.73 Å². The molecule has 1 unspecified atom stereocenters. The molecule has 0 aliphatic carbocycles. The maximum Gasteiger partial charge on any atom is 0.224 e. The highest BCUT2D eigenvalue weighted by molar-refractivity contribution is 5.76. The molecule has 0 aromatic heterocycles. The number of amides is 1. The van der Waals surface area contributed by atoms with Crippen LogP contribution in [0.2, 0.25) is 0 Å². The van der Waals surface area contributed by atoms with Gasteiger partial charge in [0.15, 0.2) is 0 Å². The molecule has 1 amide bonds. The van der Waals surface area contributed by atoms with Crippen molar-refractivity contribution in [2.75, 3.05) is 26.2 Å². The third-order valence-corrected chi connectivity index (χ3v) is 3.36. The minimum absolute atomic E-state index is 0.0237. The van der Waals surface area contributed by atoms with E-state index < -0.39 is 0 Å². The van der Waals surface area contributed by atoms with E-state index in [0.717, 1.165) is 32.6 Å². The summed E-state index contributed by atoms with van der Waals surface area (Å²) < 4.78 is 0. The van der Waals surface area contributed by atoms with Crippen LogP contribution in [0.1, 0.15) is 33.6 Å². The quantitative estimate of drug-likeness (QED) is 0.768. The Morgan fingerprint density at radius 3 is 2.25 bits per heavy atom. The summed E-state index contributed by atoms with van der Waals surface area (Å²) in [7, 11) is 0. The van der Waals surface area contributed by atoms with Gasteiger partial charge in [-0.1, -0.05) is 6.92 Å². The van der Waals surface area contributed by atoms with Gasteiger partial charge in [0.1, 0.15) is 0 Å². The molecule has 1 rings (SSSR count). The number of carbonyl (C=O) groups is 1. The first-order valence-electron chi connectivity index (χ1n) is 6.32. The van der Waals surface area contributed by atoms with Gasteiger partial charge in [0.2, 0.25) is 5.91 Å². The Hall–Kier alpha value is -0.610. The molecule has 0 aromatic carbocycles. The molecular weight excluding hydrogens is 202 g/mol. The van der Waals surface area contributed by atoms with Gasteiger partial charge < -0.3 is 10.6 Å². The van der Waals surface area contributed by atoms with Crippen LogP contribution in [0.5, 0.6) is 0 Å². The normalized spacial score (nSPS) is 20.2. The Labute approximate surface area is 98.8 Å². The lowest BCUT2D eigenvalue weighted by Gasteiger charge is -2.37. The van der Waals surface area contributed by atoms with Crippen molar-refractivity contribution >= 4 is 5.91 Å². The van der Waals surface area contributed by atoms with Crippen LogP contribution in [0.3, 0.4) is 0 Å². The Bertz CT molecular complexity index is 222. The van der Waals surface area contributed by atoms with Gasteiger partial charge in [-0.2, -0.15) is 0 Å². The number of rotatable bonds is 4. The van der Waals surface area contributed by atoms with Crippen molar-refractivity contribution in [3.8, 4) is 0 Å². The molecule has 0 bridgehead atoms. The van der Waals surface area contributed by atoms with Crippen LogP contribution in [0.25, 0.3) is 0 Å². The molecule has 2 N–H and O–H groups in total. The third kappa shape index (κ3) is 3.76. The van der Waals surface area contributed by atoms with Gasteiger partial charge in [0.25, 0.3) is 0 Å². The standard InChI is InChI=1S/C12H25N3O/c1-4-11(13)9-12(16)15-7-5-14(6-8-15)10(2)3/h10-11H,4-9,13H2,1-3H3. The number of carbonyl (C=O) groups excluding carboxylic acids is 1. The Kier molecular flexibility index (Phi) is 5.22. The van der Waals surface area contributed by atoms with Gasteiger partial charge in [-0.05, 0) is 20.3 Å². The van der Waals surface area contributed by atoms with Crippen molar-refractivity contribution in [1.82, 2.24) is 9.80 Å². The first-order valence-corrected chi connectivity index (χ1v) is 6.32. The molecule has 1 atom stereocenters. The van der Waals surface area contributed by atoms with Gasteiger partial charge in [-0.15, -0.1) is 0 Å². The summed E-state index contributed by atoms with van der Waals surface area (Å²) in [6, 6.07) is 0.603. The molecule has 16 heavy (non-hydrogen) atoms. The molecule has 1 aliphatic heterocycles. The molecule has 4 heteroatoms. The van der Waals surface area contributed by atoms with Gasteiger partial charge in [0, 0.05) is 44.7 Å². The van der Waals surface area contributed by atoms with Gasteiger partial charge in [-0.25, -0.2) is 0 Å². The first-order chi connectivity index (χ1) is 7.54. The summed E-state index contributed by atoms with van der Waals surface area (Å²) in [4.78, 5) is 16.2. The highest BCUT2D eigenvalue weighted by atomic mass is 16.2. The summed E-state index contributed by atoms with van der Waals surface area (Å²) in [5.41, 5.74) is 5.80. The maximum atomic E-state index is 11.9. The first kappa shape index (κ1) is 13.5. The van der Waals surface area contributed by atoms with Gasteiger partial charge in [0.05, 0.1) is 0 Å². The highest BCUT2D eigenvalue weighted by Gasteiger charge is 2.22. The average molecular weight is 227 g/mol. The van der Waals surface area contributed by atoms with E-state index in [-0.39, 0.29) is 11.9 Å². The lowest BCUT2D eigenvalue weighted by Crippen LogP contribution is -2.51. The topological polar surface area (TPSA) is 49.6 Å². The van der Waals surface area contributed by atoms with E-state index >= 15 is 0 Å². The van der Waals surface area contributed by atoms with E-state index in [1.54, 1.807) is 0 Å². The minimum Gasteiger partial charge on any atom is -0.340 e. The number of hydrogen-bond donors (Lipinski definition) is 1. The Morgan fingerprint density at radius 1 is 1.25 bits per heavy atom.